The standard InChI is InChI=1S/C11H12Br2N2OS/c1-2-7-4-15-10(16-7)6-14-5-8-3-9(12)11(13)17-8/h3-4,14H,2,5-6H2,1H3. The molecular formula is C11H12Br2N2OS. The Morgan fingerprint density at radius 1 is 1.41 bits per heavy atom. The van der Waals surface area contributed by atoms with E-state index in [-0.39, 0.29) is 0 Å². The lowest BCUT2D eigenvalue weighted by atomic mass is 10.4. The second kappa shape index (κ2) is 6.13. The lowest BCUT2D eigenvalue weighted by Crippen LogP contribution is -2.11. The summed E-state index contributed by atoms with van der Waals surface area (Å²) in [5, 5.41) is 3.31. The molecule has 2 aromatic rings. The van der Waals surface area contributed by atoms with Gasteiger partial charge in [0, 0.05) is 22.3 Å². The van der Waals surface area contributed by atoms with Gasteiger partial charge in [-0.2, -0.15) is 0 Å². The van der Waals surface area contributed by atoms with Gasteiger partial charge in [0.1, 0.15) is 5.76 Å². The second-order valence-electron chi connectivity index (χ2n) is 3.51. The van der Waals surface area contributed by atoms with Crippen molar-refractivity contribution in [1.82, 2.24) is 10.3 Å². The van der Waals surface area contributed by atoms with E-state index in [0.717, 1.165) is 32.9 Å². The van der Waals surface area contributed by atoms with Crippen LogP contribution in [0.3, 0.4) is 0 Å². The van der Waals surface area contributed by atoms with E-state index in [9.17, 15) is 0 Å². The highest BCUT2D eigenvalue weighted by Crippen LogP contribution is 2.32. The van der Waals surface area contributed by atoms with Crippen molar-refractivity contribution in [3.8, 4) is 0 Å². The molecule has 0 radical (unpaired) electrons. The molecule has 92 valence electrons. The number of nitrogens with zero attached hydrogens (tertiary/aromatic N) is 1. The van der Waals surface area contributed by atoms with Gasteiger partial charge >= 0.3 is 0 Å². The molecule has 0 atom stereocenters. The number of aryl methyl sites for hydroxylation is 1. The van der Waals surface area contributed by atoms with Crippen molar-refractivity contribution in [2.45, 2.75) is 26.4 Å². The molecular weight excluding hydrogens is 368 g/mol. The number of aromatic nitrogens is 1. The number of oxazole rings is 1. The zero-order valence-corrected chi connectivity index (χ0v) is 13.3. The molecule has 17 heavy (non-hydrogen) atoms. The number of nitrogens with one attached hydrogen (secondary N) is 1. The van der Waals surface area contributed by atoms with Crippen LogP contribution in [0, 0.1) is 0 Å². The van der Waals surface area contributed by atoms with Crippen molar-refractivity contribution in [3.63, 3.8) is 0 Å². The van der Waals surface area contributed by atoms with Crippen molar-refractivity contribution in [2.75, 3.05) is 0 Å². The van der Waals surface area contributed by atoms with E-state index in [1.807, 2.05) is 0 Å². The van der Waals surface area contributed by atoms with E-state index < -0.39 is 0 Å². The molecule has 0 bridgehead atoms. The molecule has 6 heteroatoms. The van der Waals surface area contributed by atoms with Crippen LogP contribution in [0.2, 0.25) is 0 Å². The van der Waals surface area contributed by atoms with E-state index in [0.29, 0.717) is 6.54 Å². The van der Waals surface area contributed by atoms with Gasteiger partial charge in [-0.25, -0.2) is 4.98 Å². The fourth-order valence-electron chi connectivity index (χ4n) is 1.36. The Kier molecular flexibility index (Phi) is 4.78. The van der Waals surface area contributed by atoms with E-state index >= 15 is 0 Å². The van der Waals surface area contributed by atoms with Crippen molar-refractivity contribution in [2.24, 2.45) is 0 Å². The van der Waals surface area contributed by atoms with Crippen LogP contribution in [0.4, 0.5) is 0 Å². The largest absolute Gasteiger partial charge is 0.444 e. The monoisotopic (exact) mass is 378 g/mol. The number of hydrogen-bond acceptors (Lipinski definition) is 4. The topological polar surface area (TPSA) is 38.1 Å². The van der Waals surface area contributed by atoms with Crippen LogP contribution in [-0.2, 0) is 19.5 Å². The van der Waals surface area contributed by atoms with Gasteiger partial charge in [0.15, 0.2) is 0 Å². The van der Waals surface area contributed by atoms with Crippen molar-refractivity contribution >= 4 is 43.2 Å². The van der Waals surface area contributed by atoms with Gasteiger partial charge in [0.25, 0.3) is 0 Å². The Labute approximate surface area is 121 Å². The third kappa shape index (κ3) is 3.64. The number of halogens is 2. The summed E-state index contributed by atoms with van der Waals surface area (Å²) < 4.78 is 7.74. The zero-order chi connectivity index (χ0) is 12.3. The Morgan fingerprint density at radius 3 is 2.82 bits per heavy atom. The lowest BCUT2D eigenvalue weighted by Gasteiger charge is -1.98. The molecule has 0 fully saturated rings. The maximum atomic E-state index is 5.51. The van der Waals surface area contributed by atoms with Gasteiger partial charge in [0.05, 0.1) is 16.5 Å². The van der Waals surface area contributed by atoms with Crippen molar-refractivity contribution < 1.29 is 4.42 Å². The number of thiophene rings is 1. The highest BCUT2D eigenvalue weighted by Gasteiger charge is 2.05. The maximum Gasteiger partial charge on any atom is 0.208 e. The minimum absolute atomic E-state index is 0.660. The Balaban J connectivity index is 1.83. The van der Waals surface area contributed by atoms with Gasteiger partial charge in [0.2, 0.25) is 5.89 Å². The summed E-state index contributed by atoms with van der Waals surface area (Å²) in [7, 11) is 0. The van der Waals surface area contributed by atoms with E-state index in [4.69, 9.17) is 4.42 Å². The van der Waals surface area contributed by atoms with Crippen molar-refractivity contribution in [1.29, 1.82) is 0 Å². The lowest BCUT2D eigenvalue weighted by molar-refractivity contribution is 0.439. The highest BCUT2D eigenvalue weighted by atomic mass is 79.9. The van der Waals surface area contributed by atoms with Gasteiger partial charge in [-0.1, -0.05) is 6.92 Å². The normalized spacial score (nSPS) is 11.0. The number of rotatable bonds is 5. The number of hydrogen-bond donors (Lipinski definition) is 1. The zero-order valence-electron chi connectivity index (χ0n) is 9.30. The first-order valence-electron chi connectivity index (χ1n) is 5.27. The third-order valence-electron chi connectivity index (χ3n) is 2.22. The van der Waals surface area contributed by atoms with Crippen LogP contribution in [0.15, 0.2) is 24.9 Å². The van der Waals surface area contributed by atoms with Gasteiger partial charge in [-0.15, -0.1) is 11.3 Å². The van der Waals surface area contributed by atoms with Crippen LogP contribution in [-0.4, -0.2) is 4.98 Å². The predicted octanol–water partition coefficient (Wildman–Crippen LogP) is 4.11. The maximum absolute atomic E-state index is 5.51. The molecule has 3 nitrogen and oxygen atoms in total. The molecule has 0 saturated carbocycles. The fourth-order valence-corrected chi connectivity index (χ4v) is 3.51. The molecule has 0 aliphatic rings. The molecule has 2 rings (SSSR count). The molecule has 0 amide bonds. The third-order valence-corrected chi connectivity index (χ3v) is 5.48. The van der Waals surface area contributed by atoms with Crippen LogP contribution >= 0.6 is 43.2 Å². The molecule has 2 heterocycles. The Bertz CT molecular complexity index is 476. The summed E-state index contributed by atoms with van der Waals surface area (Å²) >= 11 is 8.66. The molecule has 0 unspecified atom stereocenters. The minimum atomic E-state index is 0.660. The molecule has 0 spiro atoms. The molecule has 2 aromatic heterocycles. The van der Waals surface area contributed by atoms with E-state index in [1.54, 1.807) is 17.5 Å². The average molecular weight is 380 g/mol. The summed E-state index contributed by atoms with van der Waals surface area (Å²) in [6.07, 6.45) is 2.67. The average Bonchev–Trinajstić information content (AvgIpc) is 2.87. The first-order chi connectivity index (χ1) is 8.19. The highest BCUT2D eigenvalue weighted by molar-refractivity contribution is 9.13. The molecule has 0 aliphatic carbocycles. The van der Waals surface area contributed by atoms with Gasteiger partial charge in [-0.05, 0) is 37.9 Å². The van der Waals surface area contributed by atoms with Crippen LogP contribution in [0.25, 0.3) is 0 Å². The van der Waals surface area contributed by atoms with Crippen LogP contribution in [0.5, 0.6) is 0 Å². The summed E-state index contributed by atoms with van der Waals surface area (Å²) in [5.74, 6) is 1.68. The summed E-state index contributed by atoms with van der Waals surface area (Å²) in [4.78, 5) is 5.47. The first kappa shape index (κ1) is 13.3. The molecule has 0 saturated heterocycles. The van der Waals surface area contributed by atoms with E-state index in [1.165, 1.54) is 4.88 Å². The SMILES string of the molecule is CCc1cnc(CNCc2cc(Br)c(Br)s2)o1. The molecule has 0 aromatic carbocycles. The molecule has 1 N–H and O–H groups in total. The fraction of sp³-hybridized carbons (Fsp3) is 0.364. The van der Waals surface area contributed by atoms with Crippen LogP contribution in [0.1, 0.15) is 23.5 Å². The first-order valence-corrected chi connectivity index (χ1v) is 7.67. The van der Waals surface area contributed by atoms with E-state index in [2.05, 4.69) is 55.2 Å². The van der Waals surface area contributed by atoms with Gasteiger partial charge < -0.3 is 9.73 Å². The Hall–Kier alpha value is -0.170. The summed E-state index contributed by atoms with van der Waals surface area (Å²) in [5.41, 5.74) is 0. The smallest absolute Gasteiger partial charge is 0.208 e. The van der Waals surface area contributed by atoms with Crippen molar-refractivity contribution in [3.05, 3.63) is 37.1 Å². The van der Waals surface area contributed by atoms with Gasteiger partial charge in [-0.3, -0.25) is 0 Å². The van der Waals surface area contributed by atoms with Crippen LogP contribution < -0.4 is 5.32 Å². The quantitative estimate of drug-likeness (QED) is 0.849. The molecule has 0 aliphatic heterocycles. The summed E-state index contributed by atoms with van der Waals surface area (Å²) in [6.45, 7) is 3.53. The second-order valence-corrected chi connectivity index (χ2v) is 6.82. The predicted molar refractivity (Wildman–Crippen MR) is 76.1 cm³/mol. The minimum Gasteiger partial charge on any atom is -0.444 e. The summed E-state index contributed by atoms with van der Waals surface area (Å²) in [6, 6.07) is 2.11. The Morgan fingerprint density at radius 2 is 2.24 bits per heavy atom.